The minimum atomic E-state index is -0.930. The Morgan fingerprint density at radius 2 is 1.60 bits per heavy atom. The lowest BCUT2D eigenvalue weighted by Crippen LogP contribution is -2.54. The summed E-state index contributed by atoms with van der Waals surface area (Å²) in [5.41, 5.74) is 10.2. The summed E-state index contributed by atoms with van der Waals surface area (Å²) in [5, 5.41) is 4.87. The summed E-state index contributed by atoms with van der Waals surface area (Å²) in [5.74, 6) is -2.42. The number of hydrogen-bond donors (Lipinski definition) is 4. The van der Waals surface area contributed by atoms with Crippen LogP contribution >= 0.6 is 0 Å². The molecule has 0 aromatic carbocycles. The Kier molecular flexibility index (Phi) is 7.27. The minimum absolute atomic E-state index is 0.0543. The molecule has 0 aliphatic heterocycles. The van der Waals surface area contributed by atoms with E-state index in [4.69, 9.17) is 11.5 Å². The first-order valence-electron chi connectivity index (χ1n) is 6.30. The number of rotatable bonds is 8. The molecule has 0 bridgehead atoms. The number of carbonyl (C=O) groups excluding carboxylic acids is 4. The number of hydrogen-bond acceptors (Lipinski definition) is 4. The van der Waals surface area contributed by atoms with E-state index in [0.717, 1.165) is 0 Å². The van der Waals surface area contributed by atoms with Crippen LogP contribution < -0.4 is 22.1 Å². The van der Waals surface area contributed by atoms with Crippen molar-refractivity contribution in [1.29, 1.82) is 0 Å². The predicted molar refractivity (Wildman–Crippen MR) is 72.0 cm³/mol. The van der Waals surface area contributed by atoms with Gasteiger partial charge >= 0.3 is 0 Å². The smallest absolute Gasteiger partial charge is 0.243 e. The van der Waals surface area contributed by atoms with E-state index in [0.29, 0.717) is 0 Å². The van der Waals surface area contributed by atoms with Crippen molar-refractivity contribution in [3.8, 4) is 0 Å². The van der Waals surface area contributed by atoms with Gasteiger partial charge in [-0.3, -0.25) is 19.2 Å². The first-order chi connectivity index (χ1) is 9.15. The fourth-order valence-electron chi connectivity index (χ4n) is 1.62. The number of carbonyl (C=O) groups is 4. The molecule has 114 valence electrons. The quantitative estimate of drug-likeness (QED) is 0.425. The maximum Gasteiger partial charge on any atom is 0.243 e. The fraction of sp³-hybridized carbons (Fsp3) is 0.667. The number of nitrogens with one attached hydrogen (secondary N) is 2. The molecule has 0 aromatic rings. The molecule has 2 unspecified atom stereocenters. The van der Waals surface area contributed by atoms with Gasteiger partial charge in [0.15, 0.2) is 0 Å². The zero-order valence-corrected chi connectivity index (χ0v) is 11.9. The summed E-state index contributed by atoms with van der Waals surface area (Å²) in [4.78, 5) is 45.1. The summed E-state index contributed by atoms with van der Waals surface area (Å²) in [6, 6.07) is -1.77. The monoisotopic (exact) mass is 286 g/mol. The van der Waals surface area contributed by atoms with E-state index in [1.807, 2.05) is 0 Å². The Balaban J connectivity index is 4.79. The van der Waals surface area contributed by atoms with Crippen molar-refractivity contribution in [3.05, 3.63) is 0 Å². The second kappa shape index (κ2) is 8.13. The van der Waals surface area contributed by atoms with Crippen molar-refractivity contribution in [2.75, 3.05) is 0 Å². The van der Waals surface area contributed by atoms with Gasteiger partial charge in [0.2, 0.25) is 23.6 Å². The normalized spacial score (nSPS) is 13.4. The molecule has 0 aliphatic rings. The lowest BCUT2D eigenvalue weighted by Gasteiger charge is -2.23. The van der Waals surface area contributed by atoms with Gasteiger partial charge in [0.05, 0.1) is 0 Å². The van der Waals surface area contributed by atoms with E-state index in [-0.39, 0.29) is 18.8 Å². The minimum Gasteiger partial charge on any atom is -0.370 e. The summed E-state index contributed by atoms with van der Waals surface area (Å²) in [6.07, 6.45) is 0.00556. The van der Waals surface area contributed by atoms with Crippen LogP contribution in [0.25, 0.3) is 0 Å². The third-order valence-electron chi connectivity index (χ3n) is 2.64. The molecular formula is C12H22N4O4. The molecule has 0 saturated carbocycles. The highest BCUT2D eigenvalue weighted by Crippen LogP contribution is 2.04. The first-order valence-corrected chi connectivity index (χ1v) is 6.30. The standard InChI is InChI=1S/C12H22N4O4/c1-6(2)10(11(14)19)16-12(20)8(15-7(3)17)4-5-9(13)18/h6,8,10H,4-5H2,1-3H3,(H2,13,18)(H2,14,19)(H,15,17)(H,16,20). The molecule has 0 fully saturated rings. The first kappa shape index (κ1) is 17.9. The van der Waals surface area contributed by atoms with E-state index in [1.54, 1.807) is 13.8 Å². The highest BCUT2D eigenvalue weighted by atomic mass is 16.2. The largest absolute Gasteiger partial charge is 0.370 e. The molecule has 8 heteroatoms. The highest BCUT2D eigenvalue weighted by Gasteiger charge is 2.26. The van der Waals surface area contributed by atoms with Gasteiger partial charge in [0.1, 0.15) is 12.1 Å². The molecule has 0 aromatic heterocycles. The molecule has 0 radical (unpaired) electrons. The molecule has 2 atom stereocenters. The Morgan fingerprint density at radius 3 is 1.95 bits per heavy atom. The van der Waals surface area contributed by atoms with E-state index >= 15 is 0 Å². The Morgan fingerprint density at radius 1 is 1.05 bits per heavy atom. The molecule has 20 heavy (non-hydrogen) atoms. The van der Waals surface area contributed by atoms with Crippen LogP contribution in [-0.2, 0) is 19.2 Å². The van der Waals surface area contributed by atoms with Gasteiger partial charge in [-0.2, -0.15) is 0 Å². The van der Waals surface area contributed by atoms with Crippen molar-refractivity contribution in [2.24, 2.45) is 17.4 Å². The van der Waals surface area contributed by atoms with Crippen molar-refractivity contribution in [3.63, 3.8) is 0 Å². The highest BCUT2D eigenvalue weighted by molar-refractivity contribution is 5.91. The van der Waals surface area contributed by atoms with Gasteiger partial charge in [0.25, 0.3) is 0 Å². The summed E-state index contributed by atoms with van der Waals surface area (Å²) < 4.78 is 0. The van der Waals surface area contributed by atoms with Crippen molar-refractivity contribution < 1.29 is 19.2 Å². The number of nitrogens with two attached hydrogens (primary N) is 2. The van der Waals surface area contributed by atoms with E-state index < -0.39 is 35.7 Å². The molecule has 0 rings (SSSR count). The Hall–Kier alpha value is -2.12. The lowest BCUT2D eigenvalue weighted by molar-refractivity contribution is -0.132. The average molecular weight is 286 g/mol. The fourth-order valence-corrected chi connectivity index (χ4v) is 1.62. The summed E-state index contributed by atoms with van der Waals surface area (Å²) in [7, 11) is 0. The zero-order valence-electron chi connectivity index (χ0n) is 11.9. The van der Waals surface area contributed by atoms with Crippen LogP contribution in [0.5, 0.6) is 0 Å². The maximum atomic E-state index is 12.0. The third kappa shape index (κ3) is 6.72. The molecule has 0 spiro atoms. The molecule has 4 amide bonds. The average Bonchev–Trinajstić information content (AvgIpc) is 2.29. The predicted octanol–water partition coefficient (Wildman–Crippen LogP) is -1.62. The van der Waals surface area contributed by atoms with Crippen LogP contribution in [0.4, 0.5) is 0 Å². The van der Waals surface area contributed by atoms with Crippen LogP contribution in [0.3, 0.4) is 0 Å². The van der Waals surface area contributed by atoms with Crippen LogP contribution in [0.15, 0.2) is 0 Å². The molecule has 0 saturated heterocycles. The second-order valence-electron chi connectivity index (χ2n) is 4.89. The van der Waals surface area contributed by atoms with Gasteiger partial charge < -0.3 is 22.1 Å². The van der Waals surface area contributed by atoms with Gasteiger partial charge in [-0.25, -0.2) is 0 Å². The summed E-state index contributed by atoms with van der Waals surface area (Å²) >= 11 is 0. The Bertz CT molecular complexity index is 395. The van der Waals surface area contributed by atoms with Crippen LogP contribution in [0, 0.1) is 5.92 Å². The van der Waals surface area contributed by atoms with Crippen molar-refractivity contribution in [2.45, 2.75) is 45.7 Å². The topological polar surface area (TPSA) is 144 Å². The van der Waals surface area contributed by atoms with E-state index in [1.165, 1.54) is 6.92 Å². The van der Waals surface area contributed by atoms with Crippen molar-refractivity contribution >= 4 is 23.6 Å². The van der Waals surface area contributed by atoms with Gasteiger partial charge in [-0.05, 0) is 12.3 Å². The van der Waals surface area contributed by atoms with Crippen LogP contribution in [0.1, 0.15) is 33.6 Å². The molecule has 8 nitrogen and oxygen atoms in total. The second-order valence-corrected chi connectivity index (χ2v) is 4.89. The van der Waals surface area contributed by atoms with Gasteiger partial charge in [-0.1, -0.05) is 13.8 Å². The zero-order chi connectivity index (χ0) is 15.9. The van der Waals surface area contributed by atoms with Crippen LogP contribution in [-0.4, -0.2) is 35.7 Å². The molecule has 6 N–H and O–H groups in total. The lowest BCUT2D eigenvalue weighted by atomic mass is 10.0. The Labute approximate surface area is 117 Å². The number of primary amides is 2. The SMILES string of the molecule is CC(=O)NC(CCC(N)=O)C(=O)NC(C(N)=O)C(C)C. The van der Waals surface area contributed by atoms with Gasteiger partial charge in [-0.15, -0.1) is 0 Å². The number of amides is 4. The summed E-state index contributed by atoms with van der Waals surface area (Å²) in [6.45, 7) is 4.71. The molecule has 0 heterocycles. The van der Waals surface area contributed by atoms with E-state index in [9.17, 15) is 19.2 Å². The third-order valence-corrected chi connectivity index (χ3v) is 2.64. The van der Waals surface area contributed by atoms with Gasteiger partial charge in [0, 0.05) is 13.3 Å². The molecule has 0 aliphatic carbocycles. The van der Waals surface area contributed by atoms with Crippen LogP contribution in [0.2, 0.25) is 0 Å². The maximum absolute atomic E-state index is 12.0. The molecular weight excluding hydrogens is 264 g/mol. The van der Waals surface area contributed by atoms with Crippen molar-refractivity contribution in [1.82, 2.24) is 10.6 Å². The van der Waals surface area contributed by atoms with E-state index in [2.05, 4.69) is 10.6 Å².